The van der Waals surface area contributed by atoms with Crippen LogP contribution in [0.3, 0.4) is 0 Å². The number of piperidine rings is 2. The molecule has 0 aliphatic carbocycles. The van der Waals surface area contributed by atoms with Crippen molar-refractivity contribution < 1.29 is 28.3 Å². The molecule has 17 heteroatoms. The molecule has 0 saturated carbocycles. The summed E-state index contributed by atoms with van der Waals surface area (Å²) in [6.45, 7) is 9.63. The monoisotopic (exact) mass is 841 g/mol. The van der Waals surface area contributed by atoms with Crippen LogP contribution in [0.15, 0.2) is 53.5 Å². The Bertz CT molecular complexity index is 2410. The van der Waals surface area contributed by atoms with Gasteiger partial charge in [-0.25, -0.2) is 9.37 Å². The summed E-state index contributed by atoms with van der Waals surface area (Å²) in [5.41, 5.74) is 2.09. The van der Waals surface area contributed by atoms with Crippen LogP contribution in [0.25, 0.3) is 10.9 Å². The number of aromatic nitrogens is 3. The van der Waals surface area contributed by atoms with Gasteiger partial charge in [-0.3, -0.25) is 34.2 Å². The van der Waals surface area contributed by atoms with E-state index in [4.69, 9.17) is 21.3 Å². The van der Waals surface area contributed by atoms with E-state index in [1.165, 1.54) is 0 Å². The molecule has 2 aromatic heterocycles. The van der Waals surface area contributed by atoms with Crippen molar-refractivity contribution in [1.82, 2.24) is 29.7 Å². The van der Waals surface area contributed by atoms with Crippen molar-refractivity contribution in [3.05, 3.63) is 75.2 Å². The molecule has 4 aromatic rings. The van der Waals surface area contributed by atoms with Crippen LogP contribution in [0.5, 0.6) is 5.75 Å². The van der Waals surface area contributed by atoms with Gasteiger partial charge in [-0.05, 0) is 68.3 Å². The van der Waals surface area contributed by atoms with E-state index in [1.54, 1.807) is 34.7 Å². The summed E-state index contributed by atoms with van der Waals surface area (Å²) in [5, 5.41) is 6.72. The number of anilines is 4. The number of nitrogens with zero attached hydrogens (tertiary/aromatic N) is 7. The van der Waals surface area contributed by atoms with Gasteiger partial charge in [-0.2, -0.15) is 4.98 Å². The van der Waals surface area contributed by atoms with E-state index in [0.717, 1.165) is 22.2 Å². The Kier molecular flexibility index (Phi) is 11.5. The predicted octanol–water partition coefficient (Wildman–Crippen LogP) is 5.02. The molecule has 2 N–H and O–H groups in total. The van der Waals surface area contributed by atoms with Crippen LogP contribution in [0, 0.1) is 0 Å². The highest BCUT2D eigenvalue weighted by atomic mass is 35.5. The Labute approximate surface area is 351 Å². The molecule has 6 heterocycles. The minimum atomic E-state index is -1.34. The Hall–Kier alpha value is -5.61. The highest BCUT2D eigenvalue weighted by Crippen LogP contribution is 2.35. The summed E-state index contributed by atoms with van der Waals surface area (Å²) in [7, 11) is 0. The number of Topliss-reactive ketones (excluding diaryl/α,β-unsaturated/α-hetero) is 1. The van der Waals surface area contributed by atoms with Crippen molar-refractivity contribution in [3.63, 3.8) is 0 Å². The van der Waals surface area contributed by atoms with Gasteiger partial charge in [0.2, 0.25) is 17.8 Å². The quantitative estimate of drug-likeness (QED) is 0.184. The van der Waals surface area contributed by atoms with Crippen molar-refractivity contribution in [3.8, 4) is 5.75 Å². The van der Waals surface area contributed by atoms with E-state index in [2.05, 4.69) is 30.3 Å². The number of nitrogens with one attached hydrogen (secondary N) is 2. The van der Waals surface area contributed by atoms with Gasteiger partial charge in [-0.15, -0.1) is 0 Å². The normalized spacial score (nSPS) is 19.5. The summed E-state index contributed by atoms with van der Waals surface area (Å²) in [6.07, 6.45) is 3.14. The summed E-state index contributed by atoms with van der Waals surface area (Å²) < 4.78 is 23.7. The third kappa shape index (κ3) is 8.39. The number of alkyl halides is 1. The Morgan fingerprint density at radius 1 is 1.02 bits per heavy atom. The standard InChI is InChI=1S/C43H49ClFN9O6/c1-4-31(55)24-60-36-21-27-19-29(5-8-34(27)54(26(2)3)41(36)59)47-38-33(44)22-46-42(49-38)52-17-15-50(16-18-52)25-43(45)11-13-51(14-12-43)30-6-7-32-28(20-30)23-53(40(32)58)35-9-10-37(56)48-39(35)57/h5-8,19-22,26,35H,4,9-18,23-25H2,1-3H3,(H,46,47,49)(H,48,56,57). The number of pyridine rings is 1. The number of hydrogen-bond donors (Lipinski definition) is 2. The van der Waals surface area contributed by atoms with Crippen molar-refractivity contribution in [2.75, 3.05) is 67.5 Å². The Morgan fingerprint density at radius 2 is 1.78 bits per heavy atom. The molecule has 316 valence electrons. The predicted molar refractivity (Wildman–Crippen MR) is 226 cm³/mol. The zero-order valence-corrected chi connectivity index (χ0v) is 34.8. The smallest absolute Gasteiger partial charge is 0.293 e. The van der Waals surface area contributed by atoms with Crippen LogP contribution in [-0.2, 0) is 20.9 Å². The largest absolute Gasteiger partial charge is 0.480 e. The molecule has 0 spiro atoms. The second-order valence-corrected chi connectivity index (χ2v) is 16.8. The van der Waals surface area contributed by atoms with E-state index in [9.17, 15) is 24.0 Å². The molecule has 8 rings (SSSR count). The average molecular weight is 842 g/mol. The molecule has 4 aliphatic rings. The van der Waals surface area contributed by atoms with Gasteiger partial charge in [0.05, 0.1) is 11.7 Å². The van der Waals surface area contributed by atoms with Gasteiger partial charge in [0.25, 0.3) is 11.5 Å². The van der Waals surface area contributed by atoms with Crippen LogP contribution < -0.4 is 30.7 Å². The molecule has 3 amide bonds. The number of imide groups is 1. The first-order valence-electron chi connectivity index (χ1n) is 20.6. The van der Waals surface area contributed by atoms with Crippen LogP contribution in [0.4, 0.5) is 27.5 Å². The number of ether oxygens (including phenoxy) is 1. The first-order chi connectivity index (χ1) is 28.8. The fraction of sp³-hybridized carbons (Fsp3) is 0.465. The molecule has 3 fully saturated rings. The third-order valence-corrected chi connectivity index (χ3v) is 12.3. The van der Waals surface area contributed by atoms with Crippen molar-refractivity contribution >= 4 is 69.1 Å². The lowest BCUT2D eigenvalue weighted by Crippen LogP contribution is -2.54. The topological polar surface area (TPSA) is 162 Å². The van der Waals surface area contributed by atoms with E-state index in [-0.39, 0.29) is 48.0 Å². The van der Waals surface area contributed by atoms with E-state index in [1.807, 2.05) is 44.2 Å². The number of carbonyl (C=O) groups excluding carboxylic acids is 4. The number of amides is 3. The number of ketones is 1. The zero-order valence-electron chi connectivity index (χ0n) is 34.0. The number of rotatable bonds is 12. The highest BCUT2D eigenvalue weighted by molar-refractivity contribution is 6.33. The van der Waals surface area contributed by atoms with Gasteiger partial charge >= 0.3 is 0 Å². The van der Waals surface area contributed by atoms with Gasteiger partial charge in [0.1, 0.15) is 23.3 Å². The molecule has 0 bridgehead atoms. The number of halogens is 2. The maximum atomic E-state index is 16.4. The first-order valence-corrected chi connectivity index (χ1v) is 21.0. The van der Waals surface area contributed by atoms with Crippen LogP contribution in [0.2, 0.25) is 5.02 Å². The van der Waals surface area contributed by atoms with Gasteiger partial charge in [0.15, 0.2) is 17.4 Å². The molecule has 60 heavy (non-hydrogen) atoms. The molecule has 1 unspecified atom stereocenters. The summed E-state index contributed by atoms with van der Waals surface area (Å²) in [4.78, 5) is 79.6. The minimum absolute atomic E-state index is 0.0992. The molecule has 4 aliphatic heterocycles. The summed E-state index contributed by atoms with van der Waals surface area (Å²) in [5.74, 6) is -0.0277. The van der Waals surface area contributed by atoms with Gasteiger partial charge in [-0.1, -0.05) is 18.5 Å². The fourth-order valence-electron chi connectivity index (χ4n) is 8.60. The lowest BCUT2D eigenvalue weighted by molar-refractivity contribution is -0.137. The third-order valence-electron chi connectivity index (χ3n) is 12.0. The number of fused-ring (bicyclic) bond motifs is 2. The zero-order chi connectivity index (χ0) is 42.3. The first kappa shape index (κ1) is 41.1. The highest BCUT2D eigenvalue weighted by Gasteiger charge is 2.41. The SMILES string of the molecule is CCC(=O)COc1cc2cc(Nc3nc(N4CCN(CC5(F)CCN(c6ccc7c(c6)CN(C6CCC(=O)NC6=O)C7=O)CC5)CC4)ncc3Cl)ccc2n(C(C)C)c1=O. The van der Waals surface area contributed by atoms with Gasteiger partial charge in [0, 0.05) is 106 Å². The lowest BCUT2D eigenvalue weighted by Gasteiger charge is -2.42. The van der Waals surface area contributed by atoms with Crippen LogP contribution in [-0.4, -0.2) is 112 Å². The number of benzene rings is 2. The van der Waals surface area contributed by atoms with Gasteiger partial charge < -0.3 is 29.3 Å². The van der Waals surface area contributed by atoms with Crippen molar-refractivity contribution in [2.45, 2.75) is 77.2 Å². The lowest BCUT2D eigenvalue weighted by atomic mass is 9.92. The van der Waals surface area contributed by atoms with E-state index in [0.29, 0.717) is 106 Å². The molecular formula is C43H49ClFN9O6. The maximum absolute atomic E-state index is 16.4. The second kappa shape index (κ2) is 16.8. The minimum Gasteiger partial charge on any atom is -0.480 e. The molecule has 2 aromatic carbocycles. The summed E-state index contributed by atoms with van der Waals surface area (Å²) >= 11 is 6.58. The van der Waals surface area contributed by atoms with Crippen molar-refractivity contribution in [2.24, 2.45) is 0 Å². The number of carbonyl (C=O) groups is 4. The molecular weight excluding hydrogens is 793 g/mol. The number of hydrogen-bond acceptors (Lipinski definition) is 12. The maximum Gasteiger partial charge on any atom is 0.293 e. The van der Waals surface area contributed by atoms with Crippen LogP contribution in [0.1, 0.15) is 74.8 Å². The Balaban J connectivity index is 0.862. The average Bonchev–Trinajstić information content (AvgIpc) is 3.55. The molecule has 0 radical (unpaired) electrons. The Morgan fingerprint density at radius 3 is 2.50 bits per heavy atom. The fourth-order valence-corrected chi connectivity index (χ4v) is 8.74. The second-order valence-electron chi connectivity index (χ2n) is 16.4. The molecule has 1 atom stereocenters. The van der Waals surface area contributed by atoms with Crippen molar-refractivity contribution in [1.29, 1.82) is 0 Å². The van der Waals surface area contributed by atoms with E-state index >= 15 is 4.39 Å². The summed E-state index contributed by atoms with van der Waals surface area (Å²) in [6, 6.07) is 12.1. The van der Waals surface area contributed by atoms with E-state index < -0.39 is 17.6 Å². The molecule has 3 saturated heterocycles. The number of piperazine rings is 1. The molecule has 15 nitrogen and oxygen atoms in total. The van der Waals surface area contributed by atoms with Crippen LogP contribution >= 0.6 is 11.6 Å².